The first-order chi connectivity index (χ1) is 10.1. The van der Waals surface area contributed by atoms with Crippen LogP contribution in [0.25, 0.3) is 0 Å². The van der Waals surface area contributed by atoms with Gasteiger partial charge >= 0.3 is 0 Å². The van der Waals surface area contributed by atoms with Gasteiger partial charge in [-0.3, -0.25) is 4.79 Å². The average molecular weight is 309 g/mol. The topological polar surface area (TPSA) is 85.8 Å². The van der Waals surface area contributed by atoms with Gasteiger partial charge in [-0.15, -0.1) is 0 Å². The van der Waals surface area contributed by atoms with Gasteiger partial charge in [0.15, 0.2) is 5.82 Å². The van der Waals surface area contributed by atoms with E-state index in [-0.39, 0.29) is 18.5 Å². The molecule has 7 nitrogen and oxygen atoms in total. The predicted octanol–water partition coefficient (Wildman–Crippen LogP) is 1.71. The number of amides is 1. The molecule has 21 heavy (non-hydrogen) atoms. The number of hydrogen-bond acceptors (Lipinski definition) is 6. The average Bonchev–Trinajstić information content (AvgIpc) is 3.06. The Balaban J connectivity index is 1.80. The Morgan fingerprint density at radius 2 is 2.38 bits per heavy atom. The summed E-state index contributed by atoms with van der Waals surface area (Å²) in [4.78, 5) is 20.3. The van der Waals surface area contributed by atoms with Crippen molar-refractivity contribution in [1.82, 2.24) is 25.0 Å². The van der Waals surface area contributed by atoms with Crippen LogP contribution in [-0.4, -0.2) is 31.9 Å². The molecule has 0 radical (unpaired) electrons. The van der Waals surface area contributed by atoms with Gasteiger partial charge in [-0.2, -0.15) is 16.7 Å². The molecule has 0 aliphatic heterocycles. The van der Waals surface area contributed by atoms with Crippen molar-refractivity contribution in [3.8, 4) is 0 Å². The van der Waals surface area contributed by atoms with Crippen LogP contribution in [0.4, 0.5) is 0 Å². The summed E-state index contributed by atoms with van der Waals surface area (Å²) in [5.74, 6) is 2.62. The third-order valence-electron chi connectivity index (χ3n) is 3.04. The van der Waals surface area contributed by atoms with Crippen molar-refractivity contribution in [2.45, 2.75) is 38.6 Å². The zero-order valence-corrected chi connectivity index (χ0v) is 13.2. The van der Waals surface area contributed by atoms with E-state index in [1.54, 1.807) is 18.0 Å². The lowest BCUT2D eigenvalue weighted by molar-refractivity contribution is -0.122. The zero-order chi connectivity index (χ0) is 15.2. The minimum absolute atomic E-state index is 0.0554. The summed E-state index contributed by atoms with van der Waals surface area (Å²) in [6.07, 6.45) is 5.95. The molecule has 0 saturated carbocycles. The molecule has 0 bridgehead atoms. The van der Waals surface area contributed by atoms with E-state index in [0.29, 0.717) is 23.9 Å². The Hall–Kier alpha value is -1.83. The molecule has 2 aromatic heterocycles. The normalized spacial score (nSPS) is 12.3. The maximum absolute atomic E-state index is 11.9. The van der Waals surface area contributed by atoms with Crippen LogP contribution in [0.2, 0.25) is 0 Å². The molecule has 0 spiro atoms. The fourth-order valence-corrected chi connectivity index (χ4v) is 2.39. The second kappa shape index (κ2) is 7.26. The molecule has 8 heteroatoms. The van der Waals surface area contributed by atoms with E-state index in [2.05, 4.69) is 20.4 Å². The van der Waals surface area contributed by atoms with Gasteiger partial charge in [0, 0.05) is 24.9 Å². The summed E-state index contributed by atoms with van der Waals surface area (Å²) in [5.41, 5.74) is 0. The summed E-state index contributed by atoms with van der Waals surface area (Å²) in [6, 6.07) is 0.0576. The van der Waals surface area contributed by atoms with Crippen molar-refractivity contribution in [1.29, 1.82) is 0 Å². The Morgan fingerprint density at radius 1 is 1.57 bits per heavy atom. The highest BCUT2D eigenvalue weighted by molar-refractivity contribution is 7.97. The van der Waals surface area contributed by atoms with Crippen molar-refractivity contribution in [3.05, 3.63) is 29.9 Å². The first-order valence-corrected chi connectivity index (χ1v) is 8.06. The molecule has 0 unspecified atom stereocenters. The molecule has 114 valence electrons. The monoisotopic (exact) mass is 309 g/mol. The number of rotatable bonds is 7. The van der Waals surface area contributed by atoms with E-state index in [1.165, 1.54) is 0 Å². The highest BCUT2D eigenvalue weighted by Gasteiger charge is 2.13. The lowest BCUT2D eigenvalue weighted by Gasteiger charge is -2.14. The van der Waals surface area contributed by atoms with Crippen LogP contribution in [0.5, 0.6) is 0 Å². The number of aromatic nitrogens is 4. The van der Waals surface area contributed by atoms with Gasteiger partial charge in [0.2, 0.25) is 11.8 Å². The van der Waals surface area contributed by atoms with E-state index in [1.807, 2.05) is 30.9 Å². The molecule has 0 fully saturated rings. The molecule has 1 N–H and O–H groups in total. The van der Waals surface area contributed by atoms with Gasteiger partial charge in [-0.25, -0.2) is 4.98 Å². The lowest BCUT2D eigenvalue weighted by atomic mass is 10.2. The van der Waals surface area contributed by atoms with E-state index < -0.39 is 0 Å². The standard InChI is InChI=1S/C13H19N5O2S/c1-9(18-5-4-14-10(18)2)6-12(19)15-7-13-16-11(8-21-3)17-20-13/h4-5,9H,6-8H2,1-3H3,(H,15,19)/t9-/m0/s1. The third-order valence-corrected chi connectivity index (χ3v) is 3.59. The molecule has 2 aromatic rings. The first-order valence-electron chi connectivity index (χ1n) is 6.66. The molecular weight excluding hydrogens is 290 g/mol. The highest BCUT2D eigenvalue weighted by atomic mass is 32.2. The fourth-order valence-electron chi connectivity index (χ4n) is 2.02. The fraction of sp³-hybridized carbons (Fsp3) is 0.538. The maximum atomic E-state index is 11.9. The van der Waals surface area contributed by atoms with Gasteiger partial charge in [-0.1, -0.05) is 5.16 Å². The van der Waals surface area contributed by atoms with Crippen LogP contribution in [0.15, 0.2) is 16.9 Å². The van der Waals surface area contributed by atoms with Gasteiger partial charge in [0.1, 0.15) is 5.82 Å². The van der Waals surface area contributed by atoms with Crippen molar-refractivity contribution in [2.24, 2.45) is 0 Å². The quantitative estimate of drug-likeness (QED) is 0.838. The molecule has 1 amide bonds. The number of imidazole rings is 1. The number of carbonyl (C=O) groups excluding carboxylic acids is 1. The number of aryl methyl sites for hydroxylation is 1. The number of hydrogen-bond donors (Lipinski definition) is 1. The third kappa shape index (κ3) is 4.32. The smallest absolute Gasteiger partial charge is 0.246 e. The van der Waals surface area contributed by atoms with Crippen molar-refractivity contribution < 1.29 is 9.32 Å². The zero-order valence-electron chi connectivity index (χ0n) is 12.4. The van der Waals surface area contributed by atoms with Crippen LogP contribution in [-0.2, 0) is 17.1 Å². The molecule has 0 aliphatic rings. The summed E-state index contributed by atoms with van der Waals surface area (Å²) < 4.78 is 7.03. The molecule has 2 heterocycles. The second-order valence-corrected chi connectivity index (χ2v) is 5.61. The number of nitrogens with one attached hydrogen (secondary N) is 1. The Labute approximate surface area is 127 Å². The van der Waals surface area contributed by atoms with E-state index >= 15 is 0 Å². The Morgan fingerprint density at radius 3 is 3.05 bits per heavy atom. The van der Waals surface area contributed by atoms with E-state index in [0.717, 1.165) is 5.82 Å². The van der Waals surface area contributed by atoms with Crippen molar-refractivity contribution >= 4 is 17.7 Å². The van der Waals surface area contributed by atoms with Crippen molar-refractivity contribution in [3.63, 3.8) is 0 Å². The SMILES string of the molecule is CSCc1noc(CNC(=O)C[C@H](C)n2ccnc2C)n1. The second-order valence-electron chi connectivity index (χ2n) is 4.75. The highest BCUT2D eigenvalue weighted by Crippen LogP contribution is 2.12. The number of nitrogens with zero attached hydrogens (tertiary/aromatic N) is 4. The first kappa shape index (κ1) is 15.6. The summed E-state index contributed by atoms with van der Waals surface area (Å²) in [6.45, 7) is 4.16. The minimum Gasteiger partial charge on any atom is -0.347 e. The summed E-state index contributed by atoms with van der Waals surface area (Å²) in [5, 5.41) is 6.62. The summed E-state index contributed by atoms with van der Waals surface area (Å²) in [7, 11) is 0. The van der Waals surface area contributed by atoms with Crippen molar-refractivity contribution in [2.75, 3.05) is 6.26 Å². The number of carbonyl (C=O) groups is 1. The molecule has 0 aliphatic carbocycles. The molecular formula is C13H19N5O2S. The van der Waals surface area contributed by atoms with Gasteiger partial charge in [-0.05, 0) is 20.1 Å². The largest absolute Gasteiger partial charge is 0.347 e. The van der Waals surface area contributed by atoms with Gasteiger partial charge < -0.3 is 14.4 Å². The van der Waals surface area contributed by atoms with Crippen LogP contribution in [0, 0.1) is 6.92 Å². The Bertz CT molecular complexity index is 595. The summed E-state index contributed by atoms with van der Waals surface area (Å²) >= 11 is 1.62. The van der Waals surface area contributed by atoms with E-state index in [4.69, 9.17) is 4.52 Å². The molecule has 0 aromatic carbocycles. The van der Waals surface area contributed by atoms with Crippen LogP contribution < -0.4 is 5.32 Å². The maximum Gasteiger partial charge on any atom is 0.246 e. The lowest BCUT2D eigenvalue weighted by Crippen LogP contribution is -2.25. The number of thioether (sulfide) groups is 1. The molecule has 1 atom stereocenters. The van der Waals surface area contributed by atoms with Gasteiger partial charge in [0.05, 0.1) is 12.3 Å². The molecule has 0 saturated heterocycles. The molecule has 2 rings (SSSR count). The van der Waals surface area contributed by atoms with Gasteiger partial charge in [0.25, 0.3) is 0 Å². The van der Waals surface area contributed by atoms with Crippen LogP contribution >= 0.6 is 11.8 Å². The van der Waals surface area contributed by atoms with E-state index in [9.17, 15) is 4.79 Å². The minimum atomic E-state index is -0.0554. The predicted molar refractivity (Wildman–Crippen MR) is 79.7 cm³/mol. The Kier molecular flexibility index (Phi) is 5.38. The van der Waals surface area contributed by atoms with Crippen LogP contribution in [0.3, 0.4) is 0 Å². The van der Waals surface area contributed by atoms with Crippen LogP contribution in [0.1, 0.15) is 36.9 Å².